The van der Waals surface area contributed by atoms with Gasteiger partial charge in [-0.15, -0.1) is 0 Å². The molecule has 0 aliphatic rings. The van der Waals surface area contributed by atoms with E-state index in [1.54, 1.807) is 0 Å². The Morgan fingerprint density at radius 2 is 1.73 bits per heavy atom. The molecular formula is C28H24F4N4O8S. The molecule has 1 heterocycles. The molecule has 0 aliphatic heterocycles. The molecule has 0 spiro atoms. The molecule has 4 N–H and O–H groups in total. The number of aromatic nitrogens is 2. The number of ether oxygens (including phenoxy) is 2. The number of anilines is 2. The van der Waals surface area contributed by atoms with Crippen LogP contribution in [0.15, 0.2) is 77.8 Å². The summed E-state index contributed by atoms with van der Waals surface area (Å²) < 4.78 is 89.0. The third kappa shape index (κ3) is 8.41. The average Bonchev–Trinajstić information content (AvgIpc) is 3.43. The van der Waals surface area contributed by atoms with Crippen LogP contribution < -0.4 is 10.0 Å². The zero-order valence-corrected chi connectivity index (χ0v) is 23.7. The molecule has 0 unspecified atom stereocenters. The average molecular weight is 653 g/mol. The van der Waals surface area contributed by atoms with Crippen LogP contribution in [0.4, 0.5) is 29.1 Å². The molecule has 1 aromatic heterocycles. The van der Waals surface area contributed by atoms with Gasteiger partial charge in [-0.1, -0.05) is 12.1 Å². The number of phenolic OH excluding ortho intramolecular Hbond substituents is 2. The third-order valence-electron chi connectivity index (χ3n) is 6.01. The number of aromatic hydroxyl groups is 2. The Morgan fingerprint density at radius 3 is 2.47 bits per heavy atom. The summed E-state index contributed by atoms with van der Waals surface area (Å²) in [5.41, 5.74) is -0.00555. The van der Waals surface area contributed by atoms with Gasteiger partial charge in [-0.3, -0.25) is 4.72 Å². The molecule has 0 radical (unpaired) electrons. The van der Waals surface area contributed by atoms with E-state index < -0.39 is 46.4 Å². The van der Waals surface area contributed by atoms with Crippen LogP contribution in [0.1, 0.15) is 16.8 Å². The summed E-state index contributed by atoms with van der Waals surface area (Å²) in [6.45, 7) is -0.729. The summed E-state index contributed by atoms with van der Waals surface area (Å²) in [5.74, 6) is -4.48. The van der Waals surface area contributed by atoms with Gasteiger partial charge in [0.2, 0.25) is 0 Å². The molecule has 0 fully saturated rings. The molecule has 238 valence electrons. The van der Waals surface area contributed by atoms with Gasteiger partial charge in [0, 0.05) is 24.2 Å². The van der Waals surface area contributed by atoms with E-state index in [0.717, 1.165) is 35.0 Å². The Morgan fingerprint density at radius 1 is 0.956 bits per heavy atom. The minimum atomic E-state index is -5.14. The Bertz CT molecular complexity index is 1810. The number of carbonyl (C=O) groups excluding carboxylic acids is 2. The van der Waals surface area contributed by atoms with E-state index >= 15 is 0 Å². The maximum Gasteiger partial charge on any atom is 0.490 e. The molecule has 0 aliphatic carbocycles. The molecule has 0 atom stereocenters. The van der Waals surface area contributed by atoms with Crippen molar-refractivity contribution >= 4 is 33.5 Å². The molecule has 0 saturated heterocycles. The second-order valence-corrected chi connectivity index (χ2v) is 10.9. The number of hydrogen-bond acceptors (Lipinski definition) is 10. The highest BCUT2D eigenvalue weighted by atomic mass is 32.2. The molecule has 0 amide bonds. The van der Waals surface area contributed by atoms with Crippen molar-refractivity contribution in [3.05, 3.63) is 84.3 Å². The number of esters is 2. The fraction of sp³-hybridized carbons (Fsp3) is 0.179. The highest BCUT2D eigenvalue weighted by molar-refractivity contribution is 7.92. The Labute approximate surface area is 252 Å². The minimum Gasteiger partial charge on any atom is -0.507 e. The van der Waals surface area contributed by atoms with Crippen LogP contribution in [0, 0.1) is 5.82 Å². The zero-order chi connectivity index (χ0) is 32.8. The number of sulfonamides is 1. The van der Waals surface area contributed by atoms with Crippen molar-refractivity contribution in [1.82, 2.24) is 9.78 Å². The fourth-order valence-corrected chi connectivity index (χ4v) is 4.97. The quantitative estimate of drug-likeness (QED) is 0.0963. The SMILES string of the molecule is O=C(OCCCNc1ccnn1COC(=O)C(F)(F)F)c1ccc(NS(=O)(=O)c2cccc(-c3cc(F)ccc3O)c2)cc1O. The number of alkyl halides is 3. The number of benzene rings is 3. The molecule has 45 heavy (non-hydrogen) atoms. The zero-order valence-electron chi connectivity index (χ0n) is 22.9. The number of halogens is 4. The molecule has 17 heteroatoms. The van der Waals surface area contributed by atoms with Crippen molar-refractivity contribution in [3.8, 4) is 22.6 Å². The van der Waals surface area contributed by atoms with Gasteiger partial charge in [0.1, 0.15) is 28.7 Å². The van der Waals surface area contributed by atoms with Gasteiger partial charge < -0.3 is 25.0 Å². The van der Waals surface area contributed by atoms with Crippen molar-refractivity contribution in [2.45, 2.75) is 24.2 Å². The summed E-state index contributed by atoms with van der Waals surface area (Å²) in [4.78, 5) is 23.1. The molecule has 12 nitrogen and oxygen atoms in total. The van der Waals surface area contributed by atoms with Gasteiger partial charge in [-0.25, -0.2) is 27.1 Å². The lowest BCUT2D eigenvalue weighted by Crippen LogP contribution is -2.26. The second-order valence-electron chi connectivity index (χ2n) is 9.22. The Kier molecular flexibility index (Phi) is 9.81. The number of nitrogens with zero attached hydrogens (tertiary/aromatic N) is 2. The van der Waals surface area contributed by atoms with Crippen LogP contribution in [-0.2, 0) is 31.0 Å². The van der Waals surface area contributed by atoms with Crippen LogP contribution in [0.3, 0.4) is 0 Å². The standard InChI is InChI=1S/C28H24F4N4O8S/c29-18-5-8-23(37)22(14-18)17-3-1-4-20(13-17)45(41,42)35-19-6-7-21(24(38)15-19)26(39)43-12-2-10-33-25-9-11-34-36(25)16-44-27(40)28(30,31)32/h1,3-9,11,13-15,33,35,37-38H,2,10,12,16H2. The maximum atomic E-state index is 13.7. The minimum absolute atomic E-state index is 0.0789. The van der Waals surface area contributed by atoms with Crippen molar-refractivity contribution < 1.29 is 55.3 Å². The van der Waals surface area contributed by atoms with Crippen LogP contribution in [0.5, 0.6) is 11.5 Å². The van der Waals surface area contributed by atoms with Crippen LogP contribution in [-0.4, -0.2) is 59.7 Å². The first-order valence-corrected chi connectivity index (χ1v) is 14.3. The fourth-order valence-electron chi connectivity index (χ4n) is 3.87. The lowest BCUT2D eigenvalue weighted by molar-refractivity contribution is -0.203. The monoisotopic (exact) mass is 652 g/mol. The van der Waals surface area contributed by atoms with Gasteiger partial charge in [-0.05, 0) is 54.4 Å². The topological polar surface area (TPSA) is 169 Å². The van der Waals surface area contributed by atoms with E-state index in [1.165, 1.54) is 42.6 Å². The largest absolute Gasteiger partial charge is 0.507 e. The van der Waals surface area contributed by atoms with Gasteiger partial charge in [0.15, 0.2) is 6.73 Å². The van der Waals surface area contributed by atoms with Gasteiger partial charge >= 0.3 is 18.1 Å². The van der Waals surface area contributed by atoms with E-state index in [0.29, 0.717) is 0 Å². The van der Waals surface area contributed by atoms with Crippen molar-refractivity contribution in [2.24, 2.45) is 0 Å². The van der Waals surface area contributed by atoms with Crippen molar-refractivity contribution in [2.75, 3.05) is 23.2 Å². The third-order valence-corrected chi connectivity index (χ3v) is 7.39. The van der Waals surface area contributed by atoms with E-state index in [2.05, 4.69) is 19.9 Å². The number of rotatable bonds is 12. The van der Waals surface area contributed by atoms with Crippen molar-refractivity contribution in [1.29, 1.82) is 0 Å². The highest BCUT2D eigenvalue weighted by Crippen LogP contribution is 2.32. The number of phenols is 2. The maximum absolute atomic E-state index is 13.7. The summed E-state index contributed by atoms with van der Waals surface area (Å²) in [7, 11) is -4.21. The van der Waals surface area contributed by atoms with E-state index in [1.807, 2.05) is 0 Å². The van der Waals surface area contributed by atoms with E-state index in [4.69, 9.17) is 4.74 Å². The van der Waals surface area contributed by atoms with Gasteiger partial charge in [-0.2, -0.15) is 18.3 Å². The molecule has 4 rings (SSSR count). The summed E-state index contributed by atoms with van der Waals surface area (Å²) >= 11 is 0. The number of nitrogens with one attached hydrogen (secondary N) is 2. The van der Waals surface area contributed by atoms with Crippen LogP contribution >= 0.6 is 0 Å². The lowest BCUT2D eigenvalue weighted by Gasteiger charge is -2.12. The predicted molar refractivity (Wildman–Crippen MR) is 150 cm³/mol. The summed E-state index contributed by atoms with van der Waals surface area (Å²) in [6.07, 6.45) is -3.64. The second kappa shape index (κ2) is 13.5. The summed E-state index contributed by atoms with van der Waals surface area (Å²) in [6, 6.07) is 13.5. The number of carbonyl (C=O) groups is 2. The van der Waals surface area contributed by atoms with Gasteiger partial charge in [0.25, 0.3) is 10.0 Å². The molecule has 0 bridgehead atoms. The summed E-state index contributed by atoms with van der Waals surface area (Å²) in [5, 5.41) is 27.0. The first-order chi connectivity index (χ1) is 21.2. The predicted octanol–water partition coefficient (Wildman–Crippen LogP) is 4.62. The van der Waals surface area contributed by atoms with Gasteiger partial charge in [0.05, 0.1) is 23.4 Å². The molecule has 4 aromatic rings. The van der Waals surface area contributed by atoms with Crippen LogP contribution in [0.2, 0.25) is 0 Å². The Hall–Kier alpha value is -5.32. The highest BCUT2D eigenvalue weighted by Gasteiger charge is 2.41. The smallest absolute Gasteiger partial charge is 0.490 e. The van der Waals surface area contributed by atoms with Crippen LogP contribution in [0.25, 0.3) is 11.1 Å². The normalized spacial score (nSPS) is 11.6. The number of hydrogen-bond donors (Lipinski definition) is 4. The Balaban J connectivity index is 1.30. The lowest BCUT2D eigenvalue weighted by atomic mass is 10.0. The van der Waals surface area contributed by atoms with E-state index in [9.17, 15) is 45.8 Å². The molecular weight excluding hydrogens is 628 g/mol. The van der Waals surface area contributed by atoms with Crippen molar-refractivity contribution in [3.63, 3.8) is 0 Å². The first kappa shape index (κ1) is 32.6. The van der Waals surface area contributed by atoms with E-state index in [-0.39, 0.29) is 58.4 Å². The molecule has 0 saturated carbocycles. The first-order valence-electron chi connectivity index (χ1n) is 12.9. The molecule has 3 aromatic carbocycles.